The number of pyridine rings is 1. The number of benzene rings is 6. The quantitative estimate of drug-likeness (QED) is 0.178. The number of halogens is 2. The summed E-state index contributed by atoms with van der Waals surface area (Å²) in [6, 6.07) is 47.4. The van der Waals surface area contributed by atoms with Crippen LogP contribution in [0.25, 0.3) is 88.6 Å². The van der Waals surface area contributed by atoms with Crippen molar-refractivity contribution < 1.29 is 0 Å². The molecule has 0 unspecified atom stereocenters. The molecule has 0 radical (unpaired) electrons. The lowest BCUT2D eigenvalue weighted by Crippen LogP contribution is -2.04. The van der Waals surface area contributed by atoms with Gasteiger partial charge >= 0.3 is 0 Å². The van der Waals surface area contributed by atoms with Gasteiger partial charge in [-0.25, -0.2) is 15.0 Å². The van der Waals surface area contributed by atoms with Crippen LogP contribution in [0.2, 0.25) is 10.0 Å². The zero-order valence-electron chi connectivity index (χ0n) is 25.3. The van der Waals surface area contributed by atoms with Gasteiger partial charge < -0.3 is 0 Å². The summed E-state index contributed by atoms with van der Waals surface area (Å²) < 4.78 is 4.60. The minimum Gasteiger partial charge on any atom is -0.291 e. The monoisotopic (exact) mass is 655 g/mol. The summed E-state index contributed by atoms with van der Waals surface area (Å²) in [6.45, 7) is 0. The Labute approximate surface area is 284 Å². The SMILES string of the molecule is Clc1cccc(-c2cc(-n3c4ccccc4c4ccc5c6ccccc6c6nc7ccccc7n6c5c43)nc(-c3cccc(Cl)c3)n2)c1. The van der Waals surface area contributed by atoms with Gasteiger partial charge in [0.25, 0.3) is 0 Å². The fraction of sp³-hybridized carbons (Fsp3) is 0. The second kappa shape index (κ2) is 10.4. The highest BCUT2D eigenvalue weighted by Gasteiger charge is 2.22. The minimum atomic E-state index is 0.569. The molecule has 226 valence electrons. The third-order valence-electron chi connectivity index (χ3n) is 9.20. The molecule has 0 amide bonds. The first-order chi connectivity index (χ1) is 23.6. The fourth-order valence-corrected chi connectivity index (χ4v) is 7.55. The Kier molecular flexibility index (Phi) is 5.92. The maximum atomic E-state index is 6.50. The van der Waals surface area contributed by atoms with Crippen LogP contribution < -0.4 is 0 Å². The molecular formula is C41H23Cl2N5. The Hall–Kier alpha value is -5.75. The summed E-state index contributed by atoms with van der Waals surface area (Å²) in [4.78, 5) is 15.5. The zero-order chi connectivity index (χ0) is 31.9. The second-order valence-electron chi connectivity index (χ2n) is 12.0. The van der Waals surface area contributed by atoms with Crippen LogP contribution in [0.15, 0.2) is 140 Å². The molecule has 0 N–H and O–H groups in total. The lowest BCUT2D eigenvalue weighted by atomic mass is 10.0. The molecule has 0 spiro atoms. The zero-order valence-corrected chi connectivity index (χ0v) is 26.8. The highest BCUT2D eigenvalue weighted by molar-refractivity contribution is 6.31. The van der Waals surface area contributed by atoms with Crippen molar-refractivity contribution in [2.45, 2.75) is 0 Å². The smallest absolute Gasteiger partial charge is 0.162 e. The van der Waals surface area contributed by atoms with Crippen molar-refractivity contribution in [1.82, 2.24) is 23.9 Å². The average molecular weight is 657 g/mol. The average Bonchev–Trinajstić information content (AvgIpc) is 3.68. The number of aromatic nitrogens is 5. The third kappa shape index (κ3) is 4.02. The minimum absolute atomic E-state index is 0.569. The summed E-state index contributed by atoms with van der Waals surface area (Å²) in [6.07, 6.45) is 0. The fourth-order valence-electron chi connectivity index (χ4n) is 7.17. The first kappa shape index (κ1) is 27.4. The van der Waals surface area contributed by atoms with Crippen LogP contribution in [-0.2, 0) is 0 Å². The van der Waals surface area contributed by atoms with Crippen molar-refractivity contribution in [3.63, 3.8) is 0 Å². The number of para-hydroxylation sites is 3. The van der Waals surface area contributed by atoms with Crippen LogP contribution in [0.3, 0.4) is 0 Å². The van der Waals surface area contributed by atoms with Crippen LogP contribution in [0.1, 0.15) is 0 Å². The third-order valence-corrected chi connectivity index (χ3v) is 9.67. The Balaban J connectivity index is 1.43. The van der Waals surface area contributed by atoms with Crippen molar-refractivity contribution in [3.8, 4) is 28.5 Å². The van der Waals surface area contributed by atoms with Crippen LogP contribution in [-0.4, -0.2) is 23.9 Å². The molecule has 6 aromatic carbocycles. The number of nitrogens with zero attached hydrogens (tertiary/aromatic N) is 5. The van der Waals surface area contributed by atoms with E-state index in [1.165, 1.54) is 0 Å². The predicted octanol–water partition coefficient (Wildman–Crippen LogP) is 11.3. The standard InChI is InChI=1S/C41H23Cl2N5/c42-26-11-7-9-24(21-26)34-23-37(46-40(44-34)25-10-8-12-27(43)22-25)47-35-17-5-3-14-29(35)31-20-19-30-28-13-1-2-15-32(28)41-45-33-16-4-6-18-36(33)48(41)39(30)38(31)47/h1-23H. The van der Waals surface area contributed by atoms with E-state index < -0.39 is 0 Å². The van der Waals surface area contributed by atoms with Crippen molar-refractivity contribution in [3.05, 3.63) is 150 Å². The van der Waals surface area contributed by atoms with Gasteiger partial charge in [0.05, 0.1) is 33.3 Å². The van der Waals surface area contributed by atoms with E-state index in [0.29, 0.717) is 15.9 Å². The molecule has 0 aliphatic rings. The van der Waals surface area contributed by atoms with Gasteiger partial charge in [-0.3, -0.25) is 8.97 Å². The lowest BCUT2D eigenvalue weighted by molar-refractivity contribution is 1.05. The summed E-state index contributed by atoms with van der Waals surface area (Å²) in [5.74, 6) is 1.30. The normalized spacial score (nSPS) is 12.0. The second-order valence-corrected chi connectivity index (χ2v) is 12.8. The van der Waals surface area contributed by atoms with Crippen molar-refractivity contribution >= 4 is 83.4 Å². The van der Waals surface area contributed by atoms with Gasteiger partial charge in [-0.05, 0) is 47.9 Å². The van der Waals surface area contributed by atoms with E-state index in [4.69, 9.17) is 38.2 Å². The maximum Gasteiger partial charge on any atom is 0.162 e. The van der Waals surface area contributed by atoms with E-state index in [9.17, 15) is 0 Å². The van der Waals surface area contributed by atoms with Gasteiger partial charge in [0.1, 0.15) is 11.5 Å². The van der Waals surface area contributed by atoms with E-state index in [-0.39, 0.29) is 0 Å². The Bertz CT molecular complexity index is 2880. The van der Waals surface area contributed by atoms with Crippen LogP contribution in [0.5, 0.6) is 0 Å². The summed E-state index contributed by atoms with van der Waals surface area (Å²) in [7, 11) is 0. The number of rotatable bonds is 3. The van der Waals surface area contributed by atoms with Gasteiger partial charge in [0.2, 0.25) is 0 Å². The van der Waals surface area contributed by atoms with Crippen molar-refractivity contribution in [1.29, 1.82) is 0 Å². The molecule has 10 rings (SSSR count). The molecule has 4 heterocycles. The molecule has 0 fully saturated rings. The van der Waals surface area contributed by atoms with E-state index >= 15 is 0 Å². The molecule has 0 aliphatic carbocycles. The molecule has 0 bridgehead atoms. The van der Waals surface area contributed by atoms with Crippen molar-refractivity contribution in [2.75, 3.05) is 0 Å². The van der Waals surface area contributed by atoms with Gasteiger partial charge in [0, 0.05) is 48.8 Å². The van der Waals surface area contributed by atoms with Crippen LogP contribution in [0.4, 0.5) is 0 Å². The molecule has 0 saturated heterocycles. The first-order valence-corrected chi connectivity index (χ1v) is 16.4. The van der Waals surface area contributed by atoms with E-state index in [1.807, 2.05) is 54.6 Å². The van der Waals surface area contributed by atoms with E-state index in [2.05, 4.69) is 93.9 Å². The maximum absolute atomic E-state index is 6.50. The molecule has 4 aromatic heterocycles. The predicted molar refractivity (Wildman–Crippen MR) is 199 cm³/mol. The molecule has 0 aliphatic heterocycles. The van der Waals surface area contributed by atoms with Gasteiger partial charge in [-0.1, -0.05) is 114 Å². The van der Waals surface area contributed by atoms with Crippen LogP contribution in [0, 0.1) is 0 Å². The van der Waals surface area contributed by atoms with Crippen LogP contribution >= 0.6 is 23.2 Å². The Morgan fingerprint density at radius 3 is 1.90 bits per heavy atom. The van der Waals surface area contributed by atoms with E-state index in [0.717, 1.165) is 82.8 Å². The highest BCUT2D eigenvalue weighted by Crippen LogP contribution is 2.41. The first-order valence-electron chi connectivity index (χ1n) is 15.7. The largest absolute Gasteiger partial charge is 0.291 e. The molecule has 5 nitrogen and oxygen atoms in total. The van der Waals surface area contributed by atoms with Gasteiger partial charge in [0.15, 0.2) is 5.82 Å². The number of fused-ring (bicyclic) bond motifs is 12. The number of imidazole rings is 1. The number of hydrogen-bond acceptors (Lipinski definition) is 3. The Morgan fingerprint density at radius 1 is 0.458 bits per heavy atom. The van der Waals surface area contributed by atoms with Crippen molar-refractivity contribution in [2.24, 2.45) is 0 Å². The van der Waals surface area contributed by atoms with E-state index in [1.54, 1.807) is 0 Å². The molecular weight excluding hydrogens is 633 g/mol. The van der Waals surface area contributed by atoms with Gasteiger partial charge in [-0.2, -0.15) is 0 Å². The number of hydrogen-bond donors (Lipinski definition) is 0. The topological polar surface area (TPSA) is 48.0 Å². The molecule has 0 saturated carbocycles. The lowest BCUT2D eigenvalue weighted by Gasteiger charge is -2.15. The summed E-state index contributed by atoms with van der Waals surface area (Å²) >= 11 is 13.0. The summed E-state index contributed by atoms with van der Waals surface area (Å²) in [5, 5.41) is 6.91. The molecule has 7 heteroatoms. The molecule has 10 aromatic rings. The molecule has 0 atom stereocenters. The highest BCUT2D eigenvalue weighted by atomic mass is 35.5. The summed E-state index contributed by atoms with van der Waals surface area (Å²) in [5.41, 5.74) is 8.55. The molecule has 48 heavy (non-hydrogen) atoms. The van der Waals surface area contributed by atoms with Gasteiger partial charge in [-0.15, -0.1) is 0 Å². The Morgan fingerprint density at radius 2 is 1.10 bits per heavy atom.